The summed E-state index contributed by atoms with van der Waals surface area (Å²) in [5.74, 6) is 0. The zero-order valence-electron chi connectivity index (χ0n) is 9.50. The fourth-order valence-corrected chi connectivity index (χ4v) is 1.45. The monoisotopic (exact) mass is 189 g/mol. The molecule has 0 heterocycles. The average molecular weight is 189 g/mol. The van der Waals surface area contributed by atoms with Crippen LogP contribution in [0.25, 0.3) is 0 Å². The number of methoxy groups -OCH3 is 1. The third kappa shape index (κ3) is 5.24. The molecule has 0 aromatic carbocycles. The van der Waals surface area contributed by atoms with Crippen molar-refractivity contribution in [3.8, 4) is 0 Å². The van der Waals surface area contributed by atoms with Crippen LogP contribution >= 0.6 is 0 Å². The molecule has 0 bridgehead atoms. The summed E-state index contributed by atoms with van der Waals surface area (Å²) >= 11 is 0. The Morgan fingerprint density at radius 1 is 1.46 bits per heavy atom. The molecule has 1 atom stereocenters. The standard InChI is InChI=1S/C10H23NO2/c1-6-11(9(2)3)7-10(4,12)8-13-5/h9,12H,6-8H2,1-5H3. The summed E-state index contributed by atoms with van der Waals surface area (Å²) in [7, 11) is 1.61. The van der Waals surface area contributed by atoms with Crippen molar-refractivity contribution in [1.82, 2.24) is 4.90 Å². The van der Waals surface area contributed by atoms with Gasteiger partial charge in [-0.15, -0.1) is 0 Å². The summed E-state index contributed by atoms with van der Waals surface area (Å²) < 4.78 is 4.96. The molecule has 0 spiro atoms. The van der Waals surface area contributed by atoms with Crippen LogP contribution in [0.15, 0.2) is 0 Å². The molecule has 0 aliphatic rings. The number of ether oxygens (including phenoxy) is 1. The van der Waals surface area contributed by atoms with Gasteiger partial charge in [0.1, 0.15) is 0 Å². The van der Waals surface area contributed by atoms with Gasteiger partial charge < -0.3 is 9.84 Å². The van der Waals surface area contributed by atoms with Crippen LogP contribution in [0.5, 0.6) is 0 Å². The zero-order valence-corrected chi connectivity index (χ0v) is 9.50. The Morgan fingerprint density at radius 3 is 2.31 bits per heavy atom. The number of aliphatic hydroxyl groups is 1. The van der Waals surface area contributed by atoms with E-state index in [4.69, 9.17) is 4.74 Å². The van der Waals surface area contributed by atoms with Gasteiger partial charge in [0.05, 0.1) is 12.2 Å². The fourth-order valence-electron chi connectivity index (χ4n) is 1.45. The van der Waals surface area contributed by atoms with Gasteiger partial charge in [0, 0.05) is 19.7 Å². The lowest BCUT2D eigenvalue weighted by Crippen LogP contribution is -2.46. The number of hydrogen-bond acceptors (Lipinski definition) is 3. The van der Waals surface area contributed by atoms with E-state index in [-0.39, 0.29) is 0 Å². The molecule has 0 amide bonds. The third-order valence-corrected chi connectivity index (χ3v) is 2.14. The molecule has 0 radical (unpaired) electrons. The SMILES string of the molecule is CCN(CC(C)(O)COC)C(C)C. The molecule has 1 unspecified atom stereocenters. The highest BCUT2D eigenvalue weighted by molar-refractivity contribution is 4.78. The maximum Gasteiger partial charge on any atom is 0.0978 e. The molecular formula is C10H23NO2. The minimum absolute atomic E-state index is 0.385. The Hall–Kier alpha value is -0.120. The second-order valence-electron chi connectivity index (χ2n) is 4.09. The van der Waals surface area contributed by atoms with Crippen molar-refractivity contribution in [3.05, 3.63) is 0 Å². The first-order valence-electron chi connectivity index (χ1n) is 4.88. The van der Waals surface area contributed by atoms with Crippen molar-refractivity contribution in [2.24, 2.45) is 0 Å². The van der Waals surface area contributed by atoms with Crippen molar-refractivity contribution in [1.29, 1.82) is 0 Å². The highest BCUT2D eigenvalue weighted by Gasteiger charge is 2.24. The summed E-state index contributed by atoms with van der Waals surface area (Å²) in [6, 6.07) is 0.466. The number of rotatable bonds is 6. The molecule has 0 aromatic heterocycles. The van der Waals surface area contributed by atoms with Crippen LogP contribution in [0.3, 0.4) is 0 Å². The predicted octanol–water partition coefficient (Wildman–Crippen LogP) is 1.11. The van der Waals surface area contributed by atoms with Crippen molar-refractivity contribution in [2.45, 2.75) is 39.3 Å². The van der Waals surface area contributed by atoms with Crippen molar-refractivity contribution in [2.75, 3.05) is 26.8 Å². The minimum atomic E-state index is -0.741. The van der Waals surface area contributed by atoms with Crippen LogP contribution in [0.2, 0.25) is 0 Å². The molecule has 0 fully saturated rings. The average Bonchev–Trinajstić information content (AvgIpc) is 1.99. The first kappa shape index (κ1) is 12.9. The van der Waals surface area contributed by atoms with Crippen LogP contribution in [0.1, 0.15) is 27.7 Å². The van der Waals surface area contributed by atoms with Crippen LogP contribution in [0, 0.1) is 0 Å². The molecule has 0 aliphatic heterocycles. The maximum absolute atomic E-state index is 9.90. The van der Waals surface area contributed by atoms with E-state index >= 15 is 0 Å². The van der Waals surface area contributed by atoms with E-state index < -0.39 is 5.60 Å². The minimum Gasteiger partial charge on any atom is -0.386 e. The normalized spacial score (nSPS) is 16.6. The van der Waals surface area contributed by atoms with Gasteiger partial charge in [0.25, 0.3) is 0 Å². The van der Waals surface area contributed by atoms with Gasteiger partial charge in [-0.3, -0.25) is 4.90 Å². The molecule has 0 saturated carbocycles. The van der Waals surface area contributed by atoms with Crippen LogP contribution in [-0.4, -0.2) is 48.5 Å². The Kier molecular flexibility index (Phi) is 5.53. The zero-order chi connectivity index (χ0) is 10.5. The lowest BCUT2D eigenvalue weighted by atomic mass is 10.1. The molecule has 13 heavy (non-hydrogen) atoms. The van der Waals surface area contributed by atoms with E-state index in [1.165, 1.54) is 0 Å². The number of likely N-dealkylation sites (N-methyl/N-ethyl adjacent to an activating group) is 1. The number of nitrogens with zero attached hydrogens (tertiary/aromatic N) is 1. The molecule has 0 aromatic rings. The second-order valence-corrected chi connectivity index (χ2v) is 4.09. The Morgan fingerprint density at radius 2 is 2.00 bits per heavy atom. The lowest BCUT2D eigenvalue weighted by molar-refractivity contribution is -0.0439. The van der Waals surface area contributed by atoms with E-state index in [2.05, 4.69) is 25.7 Å². The predicted molar refractivity (Wildman–Crippen MR) is 54.9 cm³/mol. The van der Waals surface area contributed by atoms with E-state index in [1.807, 2.05) is 6.92 Å². The first-order valence-corrected chi connectivity index (χ1v) is 4.88. The van der Waals surface area contributed by atoms with Gasteiger partial charge in [-0.05, 0) is 27.3 Å². The summed E-state index contributed by atoms with van der Waals surface area (Å²) in [4.78, 5) is 2.22. The summed E-state index contributed by atoms with van der Waals surface area (Å²) in [6.45, 7) is 10.2. The Labute approximate surface area is 81.7 Å². The van der Waals surface area contributed by atoms with Gasteiger partial charge in [-0.2, -0.15) is 0 Å². The summed E-state index contributed by atoms with van der Waals surface area (Å²) in [5.41, 5.74) is -0.741. The largest absolute Gasteiger partial charge is 0.386 e. The topological polar surface area (TPSA) is 32.7 Å². The molecule has 0 aliphatic carbocycles. The smallest absolute Gasteiger partial charge is 0.0978 e. The molecule has 1 N–H and O–H groups in total. The summed E-state index contributed by atoms with van der Waals surface area (Å²) in [6.07, 6.45) is 0. The first-order chi connectivity index (χ1) is 5.93. The third-order valence-electron chi connectivity index (χ3n) is 2.14. The fraction of sp³-hybridized carbons (Fsp3) is 1.00. The van der Waals surface area contributed by atoms with E-state index in [1.54, 1.807) is 7.11 Å². The van der Waals surface area contributed by atoms with Gasteiger partial charge in [0.15, 0.2) is 0 Å². The Balaban J connectivity index is 4.05. The number of hydrogen-bond donors (Lipinski definition) is 1. The van der Waals surface area contributed by atoms with Crippen LogP contribution in [-0.2, 0) is 4.74 Å². The van der Waals surface area contributed by atoms with Crippen molar-refractivity contribution < 1.29 is 9.84 Å². The summed E-state index contributed by atoms with van der Waals surface area (Å²) in [5, 5.41) is 9.90. The molecule has 3 heteroatoms. The van der Waals surface area contributed by atoms with E-state index in [0.717, 1.165) is 6.54 Å². The highest BCUT2D eigenvalue weighted by atomic mass is 16.5. The van der Waals surface area contributed by atoms with Gasteiger partial charge >= 0.3 is 0 Å². The maximum atomic E-state index is 9.90. The van der Waals surface area contributed by atoms with Gasteiger partial charge in [-0.1, -0.05) is 6.92 Å². The van der Waals surface area contributed by atoms with Crippen molar-refractivity contribution in [3.63, 3.8) is 0 Å². The van der Waals surface area contributed by atoms with Crippen LogP contribution < -0.4 is 0 Å². The Bertz CT molecular complexity index is 135. The van der Waals surface area contributed by atoms with Gasteiger partial charge in [0.2, 0.25) is 0 Å². The second kappa shape index (κ2) is 5.58. The molecule has 80 valence electrons. The highest BCUT2D eigenvalue weighted by Crippen LogP contribution is 2.09. The van der Waals surface area contributed by atoms with Crippen LogP contribution in [0.4, 0.5) is 0 Å². The van der Waals surface area contributed by atoms with Gasteiger partial charge in [-0.25, -0.2) is 0 Å². The molecule has 0 rings (SSSR count). The quantitative estimate of drug-likeness (QED) is 0.679. The lowest BCUT2D eigenvalue weighted by Gasteiger charge is -2.32. The molecule has 3 nitrogen and oxygen atoms in total. The molecule has 0 saturated heterocycles. The van der Waals surface area contributed by atoms with Crippen molar-refractivity contribution >= 4 is 0 Å². The van der Waals surface area contributed by atoms with E-state index in [9.17, 15) is 5.11 Å². The molecular weight excluding hydrogens is 166 g/mol. The van der Waals surface area contributed by atoms with E-state index in [0.29, 0.717) is 19.2 Å².